The van der Waals surface area contributed by atoms with Crippen LogP contribution in [0.15, 0.2) is 83.2 Å². The first-order valence-corrected chi connectivity index (χ1v) is 8.56. The molecule has 6 heteroatoms. The van der Waals surface area contributed by atoms with Gasteiger partial charge in [-0.3, -0.25) is 4.40 Å². The summed E-state index contributed by atoms with van der Waals surface area (Å²) >= 11 is 0. The summed E-state index contributed by atoms with van der Waals surface area (Å²) in [6.45, 7) is 2.35. The zero-order chi connectivity index (χ0) is 18.6. The number of aromatic hydroxyl groups is 1. The van der Waals surface area contributed by atoms with E-state index in [1.54, 1.807) is 22.7 Å². The van der Waals surface area contributed by atoms with Crippen molar-refractivity contribution >= 4 is 17.2 Å². The van der Waals surface area contributed by atoms with Crippen LogP contribution in [0.4, 0.5) is 11.5 Å². The van der Waals surface area contributed by atoms with Crippen LogP contribution < -0.4 is 4.74 Å². The molecular formula is C21H18N4O2. The maximum atomic E-state index is 9.89. The first-order chi connectivity index (χ1) is 13.2. The van der Waals surface area contributed by atoms with Gasteiger partial charge in [-0.15, -0.1) is 10.2 Å². The van der Waals surface area contributed by atoms with E-state index in [4.69, 9.17) is 4.74 Å². The van der Waals surface area contributed by atoms with Crippen LogP contribution in [-0.2, 0) is 6.61 Å². The quantitative estimate of drug-likeness (QED) is 0.489. The standard InChI is InChI=1S/C21H18N4O2/c1-15-20(25-13-5-8-19(26)21(25)22-15)24-23-17-9-11-18(12-10-17)27-14-16-6-3-2-4-7-16/h2-13,26H,14H2,1H3. The fraction of sp³-hybridized carbons (Fsp3) is 0.0952. The molecule has 2 aromatic heterocycles. The number of fused-ring (bicyclic) bond motifs is 1. The third-order valence-corrected chi connectivity index (χ3v) is 4.12. The fourth-order valence-electron chi connectivity index (χ4n) is 2.73. The third-order valence-electron chi connectivity index (χ3n) is 4.12. The maximum Gasteiger partial charge on any atom is 0.182 e. The zero-order valence-electron chi connectivity index (χ0n) is 14.8. The van der Waals surface area contributed by atoms with Crippen LogP contribution in [0, 0.1) is 6.92 Å². The van der Waals surface area contributed by atoms with Gasteiger partial charge < -0.3 is 9.84 Å². The highest BCUT2D eigenvalue weighted by Crippen LogP contribution is 2.28. The van der Waals surface area contributed by atoms with Crippen LogP contribution in [-0.4, -0.2) is 14.5 Å². The number of imidazole rings is 1. The summed E-state index contributed by atoms with van der Waals surface area (Å²) in [6.07, 6.45) is 1.80. The molecule has 0 spiro atoms. The fourth-order valence-corrected chi connectivity index (χ4v) is 2.73. The molecule has 0 saturated carbocycles. The minimum atomic E-state index is 0.113. The predicted molar refractivity (Wildman–Crippen MR) is 103 cm³/mol. The lowest BCUT2D eigenvalue weighted by Gasteiger charge is -2.06. The van der Waals surface area contributed by atoms with Crippen LogP contribution in [0.3, 0.4) is 0 Å². The molecule has 0 fully saturated rings. The van der Waals surface area contributed by atoms with E-state index in [2.05, 4.69) is 15.2 Å². The largest absolute Gasteiger partial charge is 0.504 e. The highest BCUT2D eigenvalue weighted by molar-refractivity contribution is 5.59. The first kappa shape index (κ1) is 16.8. The smallest absolute Gasteiger partial charge is 0.182 e. The Morgan fingerprint density at radius 2 is 1.74 bits per heavy atom. The summed E-state index contributed by atoms with van der Waals surface area (Å²) in [6, 6.07) is 20.8. The molecular weight excluding hydrogens is 340 g/mol. The minimum absolute atomic E-state index is 0.113. The maximum absolute atomic E-state index is 9.89. The molecule has 2 heterocycles. The molecule has 0 saturated heterocycles. The van der Waals surface area contributed by atoms with Crippen molar-refractivity contribution in [1.82, 2.24) is 9.38 Å². The van der Waals surface area contributed by atoms with Crippen LogP contribution in [0.5, 0.6) is 11.5 Å². The number of aryl methyl sites for hydroxylation is 1. The minimum Gasteiger partial charge on any atom is -0.504 e. The second-order valence-corrected chi connectivity index (χ2v) is 6.08. The Labute approximate surface area is 156 Å². The summed E-state index contributed by atoms with van der Waals surface area (Å²) in [5.74, 6) is 1.47. The lowest BCUT2D eigenvalue weighted by Crippen LogP contribution is -1.94. The molecule has 0 aliphatic carbocycles. The molecule has 4 aromatic rings. The van der Waals surface area contributed by atoms with Crippen molar-refractivity contribution in [1.29, 1.82) is 0 Å². The Balaban J connectivity index is 1.49. The molecule has 4 rings (SSSR count). The molecule has 0 aliphatic rings. The molecule has 0 bridgehead atoms. The van der Waals surface area contributed by atoms with Crippen LogP contribution in [0.25, 0.3) is 5.65 Å². The van der Waals surface area contributed by atoms with Crippen molar-refractivity contribution < 1.29 is 9.84 Å². The van der Waals surface area contributed by atoms with E-state index in [1.807, 2.05) is 61.5 Å². The number of pyridine rings is 1. The SMILES string of the molecule is Cc1nc2c(O)cccn2c1N=Nc1ccc(OCc2ccccc2)cc1. The molecule has 0 atom stereocenters. The van der Waals surface area contributed by atoms with Gasteiger partial charge in [0.1, 0.15) is 12.4 Å². The third kappa shape index (κ3) is 3.64. The van der Waals surface area contributed by atoms with Crippen molar-refractivity contribution in [3.8, 4) is 11.5 Å². The molecule has 27 heavy (non-hydrogen) atoms. The van der Waals surface area contributed by atoms with E-state index in [-0.39, 0.29) is 5.75 Å². The van der Waals surface area contributed by atoms with Gasteiger partial charge in [-0.1, -0.05) is 30.3 Å². The van der Waals surface area contributed by atoms with E-state index in [0.717, 1.165) is 11.3 Å². The Hall–Kier alpha value is -3.67. The molecule has 0 unspecified atom stereocenters. The van der Waals surface area contributed by atoms with Crippen molar-refractivity contribution in [2.24, 2.45) is 10.2 Å². The van der Waals surface area contributed by atoms with Crippen molar-refractivity contribution in [3.05, 3.63) is 84.2 Å². The monoisotopic (exact) mass is 358 g/mol. The second-order valence-electron chi connectivity index (χ2n) is 6.08. The Kier molecular flexibility index (Phi) is 4.53. The highest BCUT2D eigenvalue weighted by atomic mass is 16.5. The number of ether oxygens (including phenoxy) is 1. The molecule has 0 radical (unpaired) electrons. The van der Waals surface area contributed by atoms with E-state index < -0.39 is 0 Å². The van der Waals surface area contributed by atoms with Gasteiger partial charge in [0.2, 0.25) is 0 Å². The molecule has 1 N–H and O–H groups in total. The van der Waals surface area contributed by atoms with E-state index in [9.17, 15) is 5.11 Å². The number of rotatable bonds is 5. The average Bonchev–Trinajstić information content (AvgIpc) is 3.03. The highest BCUT2D eigenvalue weighted by Gasteiger charge is 2.10. The van der Waals surface area contributed by atoms with Gasteiger partial charge in [-0.25, -0.2) is 4.98 Å². The molecule has 0 aliphatic heterocycles. The van der Waals surface area contributed by atoms with E-state index in [0.29, 0.717) is 29.5 Å². The van der Waals surface area contributed by atoms with Gasteiger partial charge in [-0.2, -0.15) is 0 Å². The van der Waals surface area contributed by atoms with E-state index >= 15 is 0 Å². The topological polar surface area (TPSA) is 71.5 Å². The normalized spacial score (nSPS) is 11.3. The number of hydrogen-bond donors (Lipinski definition) is 1. The summed E-state index contributed by atoms with van der Waals surface area (Å²) in [7, 11) is 0. The Morgan fingerprint density at radius 3 is 2.52 bits per heavy atom. The van der Waals surface area contributed by atoms with Gasteiger partial charge in [0.15, 0.2) is 17.2 Å². The van der Waals surface area contributed by atoms with Crippen LogP contribution in [0.1, 0.15) is 11.3 Å². The summed E-state index contributed by atoms with van der Waals surface area (Å²) in [5.41, 5.74) is 2.99. The van der Waals surface area contributed by atoms with Crippen molar-refractivity contribution in [3.63, 3.8) is 0 Å². The van der Waals surface area contributed by atoms with Crippen LogP contribution >= 0.6 is 0 Å². The Morgan fingerprint density at radius 1 is 0.963 bits per heavy atom. The number of hydrogen-bond acceptors (Lipinski definition) is 5. The number of nitrogens with zero attached hydrogens (tertiary/aromatic N) is 4. The summed E-state index contributed by atoms with van der Waals surface area (Å²) in [4.78, 5) is 4.33. The van der Waals surface area contributed by atoms with Gasteiger partial charge in [0.05, 0.1) is 11.4 Å². The van der Waals surface area contributed by atoms with Gasteiger partial charge in [0.25, 0.3) is 0 Å². The predicted octanol–water partition coefficient (Wildman–Crippen LogP) is 5.34. The van der Waals surface area contributed by atoms with Gasteiger partial charge in [0, 0.05) is 6.20 Å². The average molecular weight is 358 g/mol. The first-order valence-electron chi connectivity index (χ1n) is 8.56. The summed E-state index contributed by atoms with van der Waals surface area (Å²) in [5, 5.41) is 18.5. The van der Waals surface area contributed by atoms with Gasteiger partial charge in [-0.05, 0) is 48.9 Å². The Bertz CT molecular complexity index is 1090. The van der Waals surface area contributed by atoms with Gasteiger partial charge >= 0.3 is 0 Å². The number of azo groups is 1. The number of benzene rings is 2. The van der Waals surface area contributed by atoms with E-state index in [1.165, 1.54) is 0 Å². The lowest BCUT2D eigenvalue weighted by atomic mass is 10.2. The van der Waals surface area contributed by atoms with Crippen LogP contribution in [0.2, 0.25) is 0 Å². The van der Waals surface area contributed by atoms with Crippen molar-refractivity contribution in [2.75, 3.05) is 0 Å². The van der Waals surface area contributed by atoms with Crippen molar-refractivity contribution in [2.45, 2.75) is 13.5 Å². The molecule has 6 nitrogen and oxygen atoms in total. The molecule has 0 amide bonds. The summed E-state index contributed by atoms with van der Waals surface area (Å²) < 4.78 is 7.49. The number of aromatic nitrogens is 2. The molecule has 134 valence electrons. The zero-order valence-corrected chi connectivity index (χ0v) is 14.8. The lowest BCUT2D eigenvalue weighted by molar-refractivity contribution is 0.306. The second kappa shape index (κ2) is 7.29. The molecule has 2 aromatic carbocycles.